The van der Waals surface area contributed by atoms with Crippen LogP contribution in [0.5, 0.6) is 5.75 Å². The second-order valence-corrected chi connectivity index (χ2v) is 3.91. The largest absolute Gasteiger partial charge is 0.496 e. The van der Waals surface area contributed by atoms with Crippen LogP contribution < -0.4 is 4.74 Å². The quantitative estimate of drug-likeness (QED) is 0.611. The minimum Gasteiger partial charge on any atom is -0.496 e. The molecule has 0 aliphatic rings. The Kier molecular flexibility index (Phi) is 3.28. The summed E-state index contributed by atoms with van der Waals surface area (Å²) in [5, 5.41) is 10.9. The molecule has 0 atom stereocenters. The van der Waals surface area contributed by atoms with Crippen LogP contribution in [0.25, 0.3) is 11.1 Å². The highest BCUT2D eigenvalue weighted by Gasteiger charge is 2.16. The number of nitro groups is 1. The summed E-state index contributed by atoms with van der Waals surface area (Å²) in [5.74, 6) is 0.709. The molecule has 0 saturated carbocycles. The van der Waals surface area contributed by atoms with Crippen LogP contribution in [-0.2, 0) is 0 Å². The smallest absolute Gasteiger partial charge is 0.272 e. The molecule has 0 heterocycles. The van der Waals surface area contributed by atoms with Crippen molar-refractivity contribution in [1.82, 2.24) is 0 Å². The number of hydrogen-bond donors (Lipinski definition) is 0. The molecule has 0 unspecified atom stereocenters. The number of nitrogens with zero attached hydrogens (tertiary/aromatic N) is 1. The maximum absolute atomic E-state index is 10.9. The molecule has 0 saturated heterocycles. The number of rotatable bonds is 3. The highest BCUT2D eigenvalue weighted by Crippen LogP contribution is 2.35. The molecule has 0 aliphatic heterocycles. The van der Waals surface area contributed by atoms with Gasteiger partial charge in [-0.05, 0) is 18.6 Å². The lowest BCUT2D eigenvalue weighted by molar-refractivity contribution is -0.385. The minimum atomic E-state index is -0.367. The topological polar surface area (TPSA) is 52.4 Å². The van der Waals surface area contributed by atoms with Crippen molar-refractivity contribution >= 4 is 5.69 Å². The molecule has 2 aromatic carbocycles. The summed E-state index contributed by atoms with van der Waals surface area (Å²) in [6.07, 6.45) is 0. The van der Waals surface area contributed by atoms with E-state index in [0.29, 0.717) is 11.3 Å². The zero-order valence-electron chi connectivity index (χ0n) is 10.2. The normalized spacial score (nSPS) is 10.1. The Morgan fingerprint density at radius 1 is 1.06 bits per heavy atom. The van der Waals surface area contributed by atoms with E-state index in [1.54, 1.807) is 20.1 Å². The van der Waals surface area contributed by atoms with Crippen LogP contribution in [-0.4, -0.2) is 12.0 Å². The predicted octanol–water partition coefficient (Wildman–Crippen LogP) is 3.58. The molecule has 2 rings (SSSR count). The van der Waals surface area contributed by atoms with Crippen molar-refractivity contribution in [3.8, 4) is 16.9 Å². The van der Waals surface area contributed by atoms with E-state index in [-0.39, 0.29) is 10.6 Å². The second kappa shape index (κ2) is 4.87. The monoisotopic (exact) mass is 243 g/mol. The number of para-hydroxylation sites is 1. The average molecular weight is 243 g/mol. The fourth-order valence-electron chi connectivity index (χ4n) is 1.98. The zero-order chi connectivity index (χ0) is 13.1. The van der Waals surface area contributed by atoms with Crippen LogP contribution in [0.4, 0.5) is 5.69 Å². The van der Waals surface area contributed by atoms with Crippen LogP contribution >= 0.6 is 0 Å². The molecule has 0 aliphatic carbocycles. The maximum atomic E-state index is 10.9. The first-order valence-electron chi connectivity index (χ1n) is 5.52. The Hall–Kier alpha value is -2.36. The fraction of sp³-hybridized carbons (Fsp3) is 0.143. The molecule has 18 heavy (non-hydrogen) atoms. The van der Waals surface area contributed by atoms with E-state index in [4.69, 9.17) is 4.74 Å². The van der Waals surface area contributed by atoms with E-state index in [1.165, 1.54) is 6.07 Å². The van der Waals surface area contributed by atoms with E-state index in [1.807, 2.05) is 30.3 Å². The molecule has 4 heteroatoms. The van der Waals surface area contributed by atoms with Gasteiger partial charge in [0.15, 0.2) is 0 Å². The van der Waals surface area contributed by atoms with Crippen LogP contribution in [0, 0.1) is 17.0 Å². The summed E-state index contributed by atoms with van der Waals surface area (Å²) < 4.78 is 5.29. The second-order valence-electron chi connectivity index (χ2n) is 3.91. The Labute approximate surface area is 105 Å². The van der Waals surface area contributed by atoms with Gasteiger partial charge in [0, 0.05) is 17.2 Å². The lowest BCUT2D eigenvalue weighted by Crippen LogP contribution is -1.95. The highest BCUT2D eigenvalue weighted by atomic mass is 16.6. The first-order chi connectivity index (χ1) is 8.65. The molecule has 0 bridgehead atoms. The molecule has 92 valence electrons. The molecule has 2 aromatic rings. The van der Waals surface area contributed by atoms with Gasteiger partial charge in [-0.15, -0.1) is 0 Å². The molecule has 0 aromatic heterocycles. The van der Waals surface area contributed by atoms with Crippen molar-refractivity contribution in [3.63, 3.8) is 0 Å². The summed E-state index contributed by atoms with van der Waals surface area (Å²) in [6.45, 7) is 1.75. The van der Waals surface area contributed by atoms with E-state index in [0.717, 1.165) is 11.1 Å². The highest BCUT2D eigenvalue weighted by molar-refractivity contribution is 5.76. The molecule has 0 amide bonds. The van der Waals surface area contributed by atoms with Crippen LogP contribution in [0.2, 0.25) is 0 Å². The molecular formula is C14H13NO3. The summed E-state index contributed by atoms with van der Waals surface area (Å²) >= 11 is 0. The number of ether oxygens (including phenoxy) is 1. The van der Waals surface area contributed by atoms with Crippen LogP contribution in [0.15, 0.2) is 42.5 Å². The van der Waals surface area contributed by atoms with Crippen molar-refractivity contribution in [2.45, 2.75) is 6.92 Å². The molecule has 0 fully saturated rings. The maximum Gasteiger partial charge on any atom is 0.272 e. The van der Waals surface area contributed by atoms with E-state index in [9.17, 15) is 10.1 Å². The van der Waals surface area contributed by atoms with Gasteiger partial charge in [-0.1, -0.05) is 30.3 Å². The summed E-state index contributed by atoms with van der Waals surface area (Å²) in [5.41, 5.74) is 2.45. The van der Waals surface area contributed by atoms with Crippen molar-refractivity contribution in [1.29, 1.82) is 0 Å². The first-order valence-corrected chi connectivity index (χ1v) is 5.52. The molecule has 0 spiro atoms. The lowest BCUT2D eigenvalue weighted by Gasteiger charge is -2.10. The summed E-state index contributed by atoms with van der Waals surface area (Å²) in [4.78, 5) is 10.6. The van der Waals surface area contributed by atoms with Gasteiger partial charge in [0.05, 0.1) is 12.0 Å². The van der Waals surface area contributed by atoms with Gasteiger partial charge in [-0.2, -0.15) is 0 Å². The van der Waals surface area contributed by atoms with Crippen LogP contribution in [0.1, 0.15) is 5.56 Å². The fourth-order valence-corrected chi connectivity index (χ4v) is 1.98. The Morgan fingerprint density at radius 3 is 2.39 bits per heavy atom. The molecule has 0 N–H and O–H groups in total. The summed E-state index contributed by atoms with van der Waals surface area (Å²) in [6, 6.07) is 12.5. The van der Waals surface area contributed by atoms with E-state index >= 15 is 0 Å². The van der Waals surface area contributed by atoms with Gasteiger partial charge in [0.1, 0.15) is 5.75 Å². The van der Waals surface area contributed by atoms with Gasteiger partial charge in [0.2, 0.25) is 0 Å². The van der Waals surface area contributed by atoms with Crippen molar-refractivity contribution in [3.05, 3.63) is 58.1 Å². The average Bonchev–Trinajstić information content (AvgIpc) is 2.38. The third kappa shape index (κ3) is 2.05. The Bertz CT molecular complexity index is 593. The van der Waals surface area contributed by atoms with Gasteiger partial charge < -0.3 is 4.74 Å². The predicted molar refractivity (Wildman–Crippen MR) is 69.8 cm³/mol. The van der Waals surface area contributed by atoms with Crippen molar-refractivity contribution in [2.24, 2.45) is 0 Å². The van der Waals surface area contributed by atoms with Crippen molar-refractivity contribution < 1.29 is 9.66 Å². The third-order valence-corrected chi connectivity index (χ3v) is 2.90. The zero-order valence-corrected chi connectivity index (χ0v) is 10.2. The van der Waals surface area contributed by atoms with Crippen LogP contribution in [0.3, 0.4) is 0 Å². The van der Waals surface area contributed by atoms with Gasteiger partial charge in [-0.3, -0.25) is 10.1 Å². The lowest BCUT2D eigenvalue weighted by atomic mass is 9.98. The first kappa shape index (κ1) is 12.1. The SMILES string of the molecule is COc1ccccc1-c1cccc([N+](=O)[O-])c1C. The van der Waals surface area contributed by atoms with Gasteiger partial charge in [0.25, 0.3) is 5.69 Å². The van der Waals surface area contributed by atoms with Crippen molar-refractivity contribution in [2.75, 3.05) is 7.11 Å². The van der Waals surface area contributed by atoms with E-state index < -0.39 is 0 Å². The standard InChI is InChI=1S/C14H13NO3/c1-10-11(7-5-8-13(10)15(16)17)12-6-3-4-9-14(12)18-2/h3-9H,1-2H3. The Balaban J connectivity index is 2.64. The van der Waals surface area contributed by atoms with E-state index in [2.05, 4.69) is 0 Å². The number of methoxy groups -OCH3 is 1. The molecule has 0 radical (unpaired) electrons. The van der Waals surface area contributed by atoms with Gasteiger partial charge >= 0.3 is 0 Å². The molecule has 4 nitrogen and oxygen atoms in total. The minimum absolute atomic E-state index is 0.124. The number of nitro benzene ring substituents is 1. The van der Waals surface area contributed by atoms with Gasteiger partial charge in [-0.25, -0.2) is 0 Å². The number of benzene rings is 2. The molecular weight excluding hydrogens is 230 g/mol. The Morgan fingerprint density at radius 2 is 1.72 bits per heavy atom. The number of hydrogen-bond acceptors (Lipinski definition) is 3. The third-order valence-electron chi connectivity index (χ3n) is 2.90. The summed E-state index contributed by atoms with van der Waals surface area (Å²) in [7, 11) is 1.59.